The van der Waals surface area contributed by atoms with Gasteiger partial charge in [-0.15, -0.1) is 0 Å². The predicted molar refractivity (Wildman–Crippen MR) is 64.1 cm³/mol. The van der Waals surface area contributed by atoms with E-state index < -0.39 is 5.79 Å². The molecule has 0 radical (unpaired) electrons. The number of allylic oxidation sites excluding steroid dienone is 2. The molecular formula is C14H18O3. The van der Waals surface area contributed by atoms with Crippen molar-refractivity contribution in [1.29, 1.82) is 0 Å². The molecule has 17 heavy (non-hydrogen) atoms. The Labute approximate surface area is 102 Å². The average molecular weight is 234 g/mol. The van der Waals surface area contributed by atoms with Gasteiger partial charge in [-0.3, -0.25) is 0 Å². The molecule has 3 aliphatic rings. The molecule has 0 aromatic rings. The molecule has 0 bridgehead atoms. The molecular weight excluding hydrogens is 216 g/mol. The standard InChI is InChI=1S/C14H18O3/c1-3-15-11-5-4-6-12-13(11)17-14(2,16-12)9-10-7-8-10/h4,6,9,11H,3,5,7-8H2,1-2H3. The zero-order valence-corrected chi connectivity index (χ0v) is 10.4. The lowest BCUT2D eigenvalue weighted by molar-refractivity contribution is -0.107. The van der Waals surface area contributed by atoms with Crippen molar-refractivity contribution < 1.29 is 14.2 Å². The van der Waals surface area contributed by atoms with Crippen LogP contribution < -0.4 is 0 Å². The van der Waals surface area contributed by atoms with Crippen molar-refractivity contribution in [3.05, 3.63) is 35.3 Å². The lowest BCUT2D eigenvalue weighted by atomic mass is 10.1. The lowest BCUT2D eigenvalue weighted by Gasteiger charge is -2.22. The molecule has 0 spiro atoms. The maximum absolute atomic E-state index is 5.97. The summed E-state index contributed by atoms with van der Waals surface area (Å²) < 4.78 is 17.5. The highest BCUT2D eigenvalue weighted by molar-refractivity contribution is 5.31. The van der Waals surface area contributed by atoms with E-state index in [0.29, 0.717) is 6.61 Å². The second-order valence-electron chi connectivity index (χ2n) is 4.83. The van der Waals surface area contributed by atoms with Gasteiger partial charge in [-0.05, 0) is 38.3 Å². The molecule has 92 valence electrons. The fraction of sp³-hybridized carbons (Fsp3) is 0.571. The molecule has 1 heterocycles. The van der Waals surface area contributed by atoms with Crippen LogP contribution in [0, 0.1) is 0 Å². The summed E-state index contributed by atoms with van der Waals surface area (Å²) in [6.07, 6.45) is 9.40. The summed E-state index contributed by atoms with van der Waals surface area (Å²) in [4.78, 5) is 0. The van der Waals surface area contributed by atoms with Gasteiger partial charge in [0, 0.05) is 13.5 Å². The fourth-order valence-electron chi connectivity index (χ4n) is 2.30. The van der Waals surface area contributed by atoms with Gasteiger partial charge in [0.15, 0.2) is 11.5 Å². The summed E-state index contributed by atoms with van der Waals surface area (Å²) in [6.45, 7) is 4.66. The highest BCUT2D eigenvalue weighted by Gasteiger charge is 2.41. The molecule has 1 fully saturated rings. The summed E-state index contributed by atoms with van der Waals surface area (Å²) >= 11 is 0. The zero-order chi connectivity index (χ0) is 11.9. The van der Waals surface area contributed by atoms with Crippen LogP contribution in [0.15, 0.2) is 35.3 Å². The molecule has 0 amide bonds. The quantitative estimate of drug-likeness (QED) is 0.702. The van der Waals surface area contributed by atoms with Crippen LogP contribution in [0.3, 0.4) is 0 Å². The molecule has 2 aliphatic carbocycles. The molecule has 2 atom stereocenters. The molecule has 2 unspecified atom stereocenters. The van der Waals surface area contributed by atoms with E-state index in [1.54, 1.807) is 0 Å². The fourth-order valence-corrected chi connectivity index (χ4v) is 2.30. The molecule has 3 nitrogen and oxygen atoms in total. The highest BCUT2D eigenvalue weighted by atomic mass is 16.7. The molecule has 1 aliphatic heterocycles. The van der Waals surface area contributed by atoms with Gasteiger partial charge in [0.1, 0.15) is 6.10 Å². The van der Waals surface area contributed by atoms with Crippen molar-refractivity contribution in [1.82, 2.24) is 0 Å². The first-order valence-corrected chi connectivity index (χ1v) is 6.31. The number of ether oxygens (including phenoxy) is 3. The third-order valence-electron chi connectivity index (χ3n) is 3.15. The Balaban J connectivity index is 1.79. The average Bonchev–Trinajstić information content (AvgIpc) is 2.99. The summed E-state index contributed by atoms with van der Waals surface area (Å²) in [6, 6.07) is 0. The van der Waals surface area contributed by atoms with Crippen molar-refractivity contribution in [3.63, 3.8) is 0 Å². The van der Waals surface area contributed by atoms with E-state index in [9.17, 15) is 0 Å². The van der Waals surface area contributed by atoms with Crippen molar-refractivity contribution in [3.8, 4) is 0 Å². The minimum atomic E-state index is -0.624. The van der Waals surface area contributed by atoms with Crippen molar-refractivity contribution in [2.75, 3.05) is 6.61 Å². The summed E-state index contributed by atoms with van der Waals surface area (Å²) in [7, 11) is 0. The van der Waals surface area contributed by atoms with E-state index in [1.807, 2.05) is 19.9 Å². The predicted octanol–water partition coefficient (Wildman–Crippen LogP) is 3.05. The zero-order valence-electron chi connectivity index (χ0n) is 10.4. The van der Waals surface area contributed by atoms with Crippen molar-refractivity contribution in [2.24, 2.45) is 0 Å². The van der Waals surface area contributed by atoms with Crippen molar-refractivity contribution >= 4 is 0 Å². The molecule has 0 N–H and O–H groups in total. The molecule has 0 saturated heterocycles. The van der Waals surface area contributed by atoms with Crippen molar-refractivity contribution in [2.45, 2.75) is 45.0 Å². The Morgan fingerprint density at radius 2 is 2.29 bits per heavy atom. The number of hydrogen-bond donors (Lipinski definition) is 0. The first-order valence-electron chi connectivity index (χ1n) is 6.31. The van der Waals surface area contributed by atoms with E-state index >= 15 is 0 Å². The summed E-state index contributed by atoms with van der Waals surface area (Å²) in [5.41, 5.74) is 1.42. The largest absolute Gasteiger partial charge is 0.447 e. The van der Waals surface area contributed by atoms with E-state index in [0.717, 1.165) is 17.9 Å². The number of hydrogen-bond acceptors (Lipinski definition) is 3. The third-order valence-corrected chi connectivity index (χ3v) is 3.15. The van der Waals surface area contributed by atoms with Crippen LogP contribution in [-0.4, -0.2) is 18.5 Å². The van der Waals surface area contributed by atoms with E-state index in [4.69, 9.17) is 14.2 Å². The minimum absolute atomic E-state index is 0.0134. The van der Waals surface area contributed by atoms with Crippen LogP contribution in [-0.2, 0) is 14.2 Å². The number of rotatable bonds is 3. The van der Waals surface area contributed by atoms with Crippen LogP contribution in [0.1, 0.15) is 33.1 Å². The van der Waals surface area contributed by atoms with Gasteiger partial charge >= 0.3 is 0 Å². The van der Waals surface area contributed by atoms with Gasteiger partial charge in [-0.1, -0.05) is 11.6 Å². The Hall–Kier alpha value is -1.22. The lowest BCUT2D eigenvalue weighted by Crippen LogP contribution is -2.25. The van der Waals surface area contributed by atoms with Gasteiger partial charge in [0.2, 0.25) is 0 Å². The van der Waals surface area contributed by atoms with Crippen LogP contribution in [0.25, 0.3) is 0 Å². The maximum atomic E-state index is 5.97. The van der Waals surface area contributed by atoms with Gasteiger partial charge in [-0.25, -0.2) is 0 Å². The third kappa shape index (κ3) is 2.12. The first-order chi connectivity index (χ1) is 8.20. The smallest absolute Gasteiger partial charge is 0.268 e. The van der Waals surface area contributed by atoms with E-state index in [2.05, 4.69) is 12.2 Å². The minimum Gasteiger partial charge on any atom is -0.447 e. The Morgan fingerprint density at radius 3 is 3.00 bits per heavy atom. The van der Waals surface area contributed by atoms with Crippen LogP contribution in [0.4, 0.5) is 0 Å². The van der Waals surface area contributed by atoms with Gasteiger partial charge in [-0.2, -0.15) is 0 Å². The second kappa shape index (κ2) is 3.91. The molecule has 1 saturated carbocycles. The summed E-state index contributed by atoms with van der Waals surface area (Å²) in [5.74, 6) is 1.06. The second-order valence-corrected chi connectivity index (χ2v) is 4.83. The SMILES string of the molecule is CCOC1CC=CC2=C1OC(C)(C=C1CC1)O2. The maximum Gasteiger partial charge on any atom is 0.268 e. The first kappa shape index (κ1) is 10.9. The van der Waals surface area contributed by atoms with Gasteiger partial charge in [0.05, 0.1) is 0 Å². The Kier molecular flexibility index (Phi) is 2.51. The molecule has 3 heteroatoms. The van der Waals surface area contributed by atoms with Crippen LogP contribution in [0.5, 0.6) is 0 Å². The van der Waals surface area contributed by atoms with E-state index in [-0.39, 0.29) is 6.10 Å². The van der Waals surface area contributed by atoms with Crippen LogP contribution in [0.2, 0.25) is 0 Å². The summed E-state index contributed by atoms with van der Waals surface area (Å²) in [5, 5.41) is 0. The van der Waals surface area contributed by atoms with Gasteiger partial charge in [0.25, 0.3) is 5.79 Å². The van der Waals surface area contributed by atoms with Gasteiger partial charge < -0.3 is 14.2 Å². The Bertz CT molecular complexity index is 413. The highest BCUT2D eigenvalue weighted by Crippen LogP contribution is 2.41. The molecule has 0 aromatic heterocycles. The monoisotopic (exact) mass is 234 g/mol. The van der Waals surface area contributed by atoms with E-state index in [1.165, 1.54) is 18.4 Å². The molecule has 3 rings (SSSR count). The molecule has 0 aromatic carbocycles. The normalized spacial score (nSPS) is 34.2. The van der Waals surface area contributed by atoms with Crippen LogP contribution >= 0.6 is 0 Å². The topological polar surface area (TPSA) is 27.7 Å². The Morgan fingerprint density at radius 1 is 1.47 bits per heavy atom.